The van der Waals surface area contributed by atoms with Gasteiger partial charge in [0.25, 0.3) is 0 Å². The molecule has 0 radical (unpaired) electrons. The van der Waals surface area contributed by atoms with Crippen LogP contribution in [-0.4, -0.2) is 43.5 Å². The molecule has 24 heavy (non-hydrogen) atoms. The van der Waals surface area contributed by atoms with Crippen LogP contribution in [0.25, 0.3) is 0 Å². The van der Waals surface area contributed by atoms with Crippen molar-refractivity contribution in [2.75, 3.05) is 26.7 Å². The van der Waals surface area contributed by atoms with Gasteiger partial charge in [0, 0.05) is 19.6 Å². The first-order chi connectivity index (χ1) is 11.3. The number of hydrogen-bond donors (Lipinski definition) is 1. The molecule has 0 bridgehead atoms. The van der Waals surface area contributed by atoms with Crippen LogP contribution in [0.4, 0.5) is 0 Å². The normalized spacial score (nSPS) is 10.8. The lowest BCUT2D eigenvalue weighted by atomic mass is 10.1. The molecule has 1 aromatic carbocycles. The topological polar surface area (TPSA) is 58.6 Å². The maximum atomic E-state index is 12.3. The van der Waals surface area contributed by atoms with E-state index in [2.05, 4.69) is 5.32 Å². The molecule has 0 spiro atoms. The minimum absolute atomic E-state index is 0.333. The van der Waals surface area contributed by atoms with Gasteiger partial charge in [-0.3, -0.25) is 9.59 Å². The van der Waals surface area contributed by atoms with Gasteiger partial charge in [-0.15, -0.1) is 0 Å². The van der Waals surface area contributed by atoms with E-state index in [0.717, 1.165) is 11.3 Å². The number of carbonyl (C=O) groups is 2. The van der Waals surface area contributed by atoms with E-state index in [9.17, 15) is 9.59 Å². The molecule has 0 aliphatic carbocycles. The Bertz CT molecular complexity index is 514. The lowest BCUT2D eigenvalue weighted by Crippen LogP contribution is -2.46. The van der Waals surface area contributed by atoms with E-state index in [1.54, 1.807) is 12.0 Å². The number of benzene rings is 1. The van der Waals surface area contributed by atoms with E-state index in [0.29, 0.717) is 37.9 Å². The van der Waals surface area contributed by atoms with Crippen LogP contribution in [0.15, 0.2) is 24.3 Å². The second-order valence-electron chi connectivity index (χ2n) is 6.85. The zero-order valence-corrected chi connectivity index (χ0v) is 15.5. The fourth-order valence-corrected chi connectivity index (χ4v) is 2.45. The predicted octanol–water partition coefficient (Wildman–Crippen LogP) is 2.49. The fraction of sp³-hybridized carbons (Fsp3) is 0.579. The number of amides is 2. The molecule has 0 unspecified atom stereocenters. The van der Waals surface area contributed by atoms with Gasteiger partial charge < -0.3 is 15.0 Å². The Morgan fingerprint density at radius 1 is 1.04 bits per heavy atom. The summed E-state index contributed by atoms with van der Waals surface area (Å²) in [5.74, 6) is 0.507. The molecule has 1 N–H and O–H groups in total. The van der Waals surface area contributed by atoms with Crippen molar-refractivity contribution in [2.24, 2.45) is 11.8 Å². The molecule has 0 atom stereocenters. The monoisotopic (exact) mass is 334 g/mol. The Kier molecular flexibility index (Phi) is 8.30. The Morgan fingerprint density at radius 3 is 2.04 bits per heavy atom. The largest absolute Gasteiger partial charge is 0.497 e. The van der Waals surface area contributed by atoms with Crippen molar-refractivity contribution in [3.05, 3.63) is 29.8 Å². The van der Waals surface area contributed by atoms with Crippen molar-refractivity contribution in [3.8, 4) is 5.75 Å². The summed E-state index contributed by atoms with van der Waals surface area (Å²) in [5.41, 5.74) is 1.09. The molecule has 0 aromatic heterocycles. The molecule has 134 valence electrons. The van der Waals surface area contributed by atoms with Crippen molar-refractivity contribution in [1.82, 2.24) is 10.2 Å². The quantitative estimate of drug-likeness (QED) is 0.743. The van der Waals surface area contributed by atoms with Crippen molar-refractivity contribution >= 4 is 11.8 Å². The second kappa shape index (κ2) is 9.96. The number of hydrogen-bond acceptors (Lipinski definition) is 3. The van der Waals surface area contributed by atoms with Gasteiger partial charge in [0.2, 0.25) is 0 Å². The summed E-state index contributed by atoms with van der Waals surface area (Å²) >= 11 is 0. The molecule has 0 aliphatic rings. The maximum absolute atomic E-state index is 12.3. The molecule has 5 heteroatoms. The standard InChI is InChI=1S/C19H30N2O3/c1-14(2)12-21(13-15(3)4)19(23)18(22)20-11-10-16-6-8-17(24-5)9-7-16/h6-9,14-15H,10-13H2,1-5H3,(H,20,22). The minimum atomic E-state index is -0.523. The van der Waals surface area contributed by atoms with Crippen LogP contribution in [0.2, 0.25) is 0 Å². The highest BCUT2D eigenvalue weighted by atomic mass is 16.5. The minimum Gasteiger partial charge on any atom is -0.497 e. The van der Waals surface area contributed by atoms with E-state index in [1.807, 2.05) is 52.0 Å². The summed E-state index contributed by atoms with van der Waals surface area (Å²) in [5, 5.41) is 2.73. The third-order valence-electron chi connectivity index (χ3n) is 3.51. The number of rotatable bonds is 8. The van der Waals surface area contributed by atoms with E-state index >= 15 is 0 Å². The van der Waals surface area contributed by atoms with Crippen LogP contribution in [0.3, 0.4) is 0 Å². The number of carbonyl (C=O) groups excluding carboxylic acids is 2. The zero-order chi connectivity index (χ0) is 18.1. The summed E-state index contributed by atoms with van der Waals surface area (Å²) in [7, 11) is 1.63. The average Bonchev–Trinajstić information content (AvgIpc) is 2.53. The van der Waals surface area contributed by atoms with E-state index < -0.39 is 11.8 Å². The van der Waals surface area contributed by atoms with Crippen molar-refractivity contribution in [3.63, 3.8) is 0 Å². The molecular weight excluding hydrogens is 304 g/mol. The highest BCUT2D eigenvalue weighted by Crippen LogP contribution is 2.11. The highest BCUT2D eigenvalue weighted by molar-refractivity contribution is 6.35. The first-order valence-corrected chi connectivity index (χ1v) is 8.53. The van der Waals surface area contributed by atoms with Crippen LogP contribution in [0.5, 0.6) is 5.75 Å². The maximum Gasteiger partial charge on any atom is 0.311 e. The molecule has 0 saturated heterocycles. The predicted molar refractivity (Wildman–Crippen MR) is 96.0 cm³/mol. The molecule has 0 aliphatic heterocycles. The van der Waals surface area contributed by atoms with Crippen LogP contribution >= 0.6 is 0 Å². The molecule has 1 rings (SSSR count). The van der Waals surface area contributed by atoms with Gasteiger partial charge in [-0.25, -0.2) is 0 Å². The SMILES string of the molecule is COc1ccc(CCNC(=O)C(=O)N(CC(C)C)CC(C)C)cc1. The molecule has 0 saturated carbocycles. The molecule has 0 heterocycles. The van der Waals surface area contributed by atoms with Gasteiger partial charge in [0.15, 0.2) is 0 Å². The highest BCUT2D eigenvalue weighted by Gasteiger charge is 2.22. The van der Waals surface area contributed by atoms with E-state index in [1.165, 1.54) is 0 Å². The van der Waals surface area contributed by atoms with Gasteiger partial charge in [0.1, 0.15) is 5.75 Å². The van der Waals surface area contributed by atoms with Crippen molar-refractivity contribution in [1.29, 1.82) is 0 Å². The van der Waals surface area contributed by atoms with Gasteiger partial charge in [-0.05, 0) is 36.0 Å². The van der Waals surface area contributed by atoms with Crippen LogP contribution in [-0.2, 0) is 16.0 Å². The summed E-state index contributed by atoms with van der Waals surface area (Å²) < 4.78 is 5.11. The lowest BCUT2D eigenvalue weighted by Gasteiger charge is -2.25. The molecule has 0 fully saturated rings. The molecule has 5 nitrogen and oxygen atoms in total. The third-order valence-corrected chi connectivity index (χ3v) is 3.51. The Hall–Kier alpha value is -2.04. The van der Waals surface area contributed by atoms with Crippen LogP contribution < -0.4 is 10.1 Å². The Labute approximate surface area is 145 Å². The summed E-state index contributed by atoms with van der Waals surface area (Å²) in [6.07, 6.45) is 0.678. The molecule has 2 amide bonds. The molecular formula is C19H30N2O3. The average molecular weight is 334 g/mol. The summed E-state index contributed by atoms with van der Waals surface area (Å²) in [6, 6.07) is 7.68. The van der Waals surface area contributed by atoms with E-state index in [4.69, 9.17) is 4.74 Å². The van der Waals surface area contributed by atoms with Crippen LogP contribution in [0.1, 0.15) is 33.3 Å². The smallest absolute Gasteiger partial charge is 0.311 e. The van der Waals surface area contributed by atoms with Crippen molar-refractivity contribution in [2.45, 2.75) is 34.1 Å². The van der Waals surface area contributed by atoms with Crippen molar-refractivity contribution < 1.29 is 14.3 Å². The molecule has 1 aromatic rings. The third kappa shape index (κ3) is 7.02. The Balaban J connectivity index is 2.50. The van der Waals surface area contributed by atoms with Gasteiger partial charge in [-0.1, -0.05) is 39.8 Å². The first-order valence-electron chi connectivity index (χ1n) is 8.53. The first kappa shape index (κ1) is 20.0. The summed E-state index contributed by atoms with van der Waals surface area (Å²) in [4.78, 5) is 26.1. The fourth-order valence-electron chi connectivity index (χ4n) is 2.45. The van der Waals surface area contributed by atoms with E-state index in [-0.39, 0.29) is 0 Å². The second-order valence-corrected chi connectivity index (χ2v) is 6.85. The number of ether oxygens (including phenoxy) is 1. The number of nitrogens with one attached hydrogen (secondary N) is 1. The van der Waals surface area contributed by atoms with Gasteiger partial charge in [-0.2, -0.15) is 0 Å². The van der Waals surface area contributed by atoms with Gasteiger partial charge in [0.05, 0.1) is 7.11 Å². The summed E-state index contributed by atoms with van der Waals surface area (Å²) in [6.45, 7) is 9.81. The Morgan fingerprint density at radius 2 is 1.58 bits per heavy atom. The van der Waals surface area contributed by atoms with Crippen LogP contribution in [0, 0.1) is 11.8 Å². The number of methoxy groups -OCH3 is 1. The number of nitrogens with zero attached hydrogens (tertiary/aromatic N) is 1. The lowest BCUT2D eigenvalue weighted by molar-refractivity contribution is -0.146. The van der Waals surface area contributed by atoms with Gasteiger partial charge >= 0.3 is 11.8 Å². The zero-order valence-electron chi connectivity index (χ0n) is 15.5.